The number of aryl methyl sites for hydroxylation is 2. The van der Waals surface area contributed by atoms with Gasteiger partial charge in [0.15, 0.2) is 0 Å². The molecule has 2 rings (SSSR count). The topological polar surface area (TPSA) is 20.2 Å². The summed E-state index contributed by atoms with van der Waals surface area (Å²) < 4.78 is 0. The summed E-state index contributed by atoms with van der Waals surface area (Å²) in [5, 5.41) is 9.46. The van der Waals surface area contributed by atoms with E-state index in [0.29, 0.717) is 5.75 Å². The van der Waals surface area contributed by atoms with E-state index in [-0.39, 0.29) is 0 Å². The second-order valence-electron chi connectivity index (χ2n) is 6.11. The van der Waals surface area contributed by atoms with E-state index in [1.807, 2.05) is 12.1 Å². The molecule has 0 heterocycles. The molecule has 0 saturated carbocycles. The van der Waals surface area contributed by atoms with E-state index in [0.717, 1.165) is 6.42 Å². The molecule has 0 aromatic heterocycles. The van der Waals surface area contributed by atoms with E-state index in [9.17, 15) is 5.11 Å². The van der Waals surface area contributed by atoms with Gasteiger partial charge in [-0.05, 0) is 66.5 Å². The second kappa shape index (κ2) is 8.63. The summed E-state index contributed by atoms with van der Waals surface area (Å²) in [7, 11) is 0. The van der Waals surface area contributed by atoms with Crippen LogP contribution in [0.1, 0.15) is 61.8 Å². The highest BCUT2D eigenvalue weighted by molar-refractivity contribution is 5.40. The predicted molar refractivity (Wildman–Crippen MR) is 94.6 cm³/mol. The molecule has 0 spiro atoms. The van der Waals surface area contributed by atoms with Gasteiger partial charge in [0, 0.05) is 0 Å². The van der Waals surface area contributed by atoms with Gasteiger partial charge < -0.3 is 5.11 Å². The zero-order valence-corrected chi connectivity index (χ0v) is 13.9. The summed E-state index contributed by atoms with van der Waals surface area (Å²) in [6.07, 6.45) is 8.28. The summed E-state index contributed by atoms with van der Waals surface area (Å²) in [5.41, 5.74) is 5.79. The number of rotatable bonds is 8. The standard InChI is InChI=1S/C21H28O/c1-3-5-8-18-10-7-11-19(9-6-4-2)21(18)16-17-12-14-20(22)15-13-17/h7,10-15,22H,3-6,8-9,16H2,1-2H3. The number of hydrogen-bond acceptors (Lipinski definition) is 1. The van der Waals surface area contributed by atoms with Crippen LogP contribution < -0.4 is 0 Å². The summed E-state index contributed by atoms with van der Waals surface area (Å²) in [5.74, 6) is 0.342. The molecule has 0 saturated heterocycles. The highest BCUT2D eigenvalue weighted by atomic mass is 16.3. The fraction of sp³-hybridized carbons (Fsp3) is 0.429. The first kappa shape index (κ1) is 16.6. The maximum absolute atomic E-state index is 9.46. The Morgan fingerprint density at radius 2 is 1.32 bits per heavy atom. The van der Waals surface area contributed by atoms with Crippen LogP contribution in [0.15, 0.2) is 42.5 Å². The quantitative estimate of drug-likeness (QED) is 0.665. The minimum absolute atomic E-state index is 0.342. The summed E-state index contributed by atoms with van der Waals surface area (Å²) >= 11 is 0. The minimum atomic E-state index is 0.342. The number of phenols is 1. The molecule has 0 aliphatic heterocycles. The third kappa shape index (κ3) is 4.62. The van der Waals surface area contributed by atoms with E-state index < -0.39 is 0 Å². The summed E-state index contributed by atoms with van der Waals surface area (Å²) in [6.45, 7) is 4.50. The van der Waals surface area contributed by atoms with Gasteiger partial charge in [0.25, 0.3) is 0 Å². The highest BCUT2D eigenvalue weighted by Gasteiger charge is 2.09. The first-order chi connectivity index (χ1) is 10.7. The van der Waals surface area contributed by atoms with Gasteiger partial charge in [-0.25, -0.2) is 0 Å². The van der Waals surface area contributed by atoms with Gasteiger partial charge in [-0.15, -0.1) is 0 Å². The third-order valence-electron chi connectivity index (χ3n) is 4.29. The number of aromatic hydroxyl groups is 1. The molecule has 1 nitrogen and oxygen atoms in total. The molecule has 0 unspecified atom stereocenters. The van der Waals surface area contributed by atoms with Crippen molar-refractivity contribution in [2.45, 2.75) is 58.8 Å². The van der Waals surface area contributed by atoms with Crippen molar-refractivity contribution in [3.8, 4) is 5.75 Å². The van der Waals surface area contributed by atoms with E-state index in [1.54, 1.807) is 12.1 Å². The number of unbranched alkanes of at least 4 members (excludes halogenated alkanes) is 2. The van der Waals surface area contributed by atoms with Crippen molar-refractivity contribution in [3.05, 3.63) is 64.7 Å². The van der Waals surface area contributed by atoms with Crippen LogP contribution in [0.2, 0.25) is 0 Å². The van der Waals surface area contributed by atoms with Crippen LogP contribution in [0.25, 0.3) is 0 Å². The van der Waals surface area contributed by atoms with Gasteiger partial charge in [-0.2, -0.15) is 0 Å². The fourth-order valence-electron chi connectivity index (χ4n) is 2.94. The molecular formula is C21H28O. The van der Waals surface area contributed by atoms with E-state index >= 15 is 0 Å². The summed E-state index contributed by atoms with van der Waals surface area (Å²) in [4.78, 5) is 0. The number of phenolic OH excluding ortho intramolecular Hbond substituents is 1. The molecule has 0 atom stereocenters. The van der Waals surface area contributed by atoms with Gasteiger partial charge in [-0.1, -0.05) is 57.0 Å². The average molecular weight is 296 g/mol. The Morgan fingerprint density at radius 1 is 0.773 bits per heavy atom. The summed E-state index contributed by atoms with van der Waals surface area (Å²) in [6, 6.07) is 14.5. The lowest BCUT2D eigenvalue weighted by Gasteiger charge is -2.15. The first-order valence-corrected chi connectivity index (χ1v) is 8.62. The van der Waals surface area contributed by atoms with Gasteiger partial charge in [-0.3, -0.25) is 0 Å². The average Bonchev–Trinajstić information content (AvgIpc) is 2.54. The molecule has 0 aliphatic carbocycles. The van der Waals surface area contributed by atoms with Crippen molar-refractivity contribution in [2.75, 3.05) is 0 Å². The maximum atomic E-state index is 9.46. The molecule has 0 fully saturated rings. The van der Waals surface area contributed by atoms with Crippen LogP contribution >= 0.6 is 0 Å². The van der Waals surface area contributed by atoms with E-state index in [1.165, 1.54) is 60.8 Å². The van der Waals surface area contributed by atoms with E-state index in [2.05, 4.69) is 32.0 Å². The lowest BCUT2D eigenvalue weighted by Crippen LogP contribution is -2.02. The normalized spacial score (nSPS) is 10.8. The number of hydrogen-bond donors (Lipinski definition) is 1. The fourth-order valence-corrected chi connectivity index (χ4v) is 2.94. The molecule has 1 N–H and O–H groups in total. The minimum Gasteiger partial charge on any atom is -0.508 e. The van der Waals surface area contributed by atoms with Crippen molar-refractivity contribution in [2.24, 2.45) is 0 Å². The van der Waals surface area contributed by atoms with Gasteiger partial charge in [0.2, 0.25) is 0 Å². The van der Waals surface area contributed by atoms with Crippen molar-refractivity contribution >= 4 is 0 Å². The predicted octanol–water partition coefficient (Wildman–Crippen LogP) is 5.67. The van der Waals surface area contributed by atoms with Gasteiger partial charge in [0.05, 0.1) is 0 Å². The Morgan fingerprint density at radius 3 is 1.82 bits per heavy atom. The molecule has 2 aromatic rings. The van der Waals surface area contributed by atoms with Gasteiger partial charge >= 0.3 is 0 Å². The Balaban J connectivity index is 2.28. The third-order valence-corrected chi connectivity index (χ3v) is 4.29. The number of benzene rings is 2. The zero-order chi connectivity index (χ0) is 15.8. The highest BCUT2D eigenvalue weighted by Crippen LogP contribution is 2.23. The molecule has 0 radical (unpaired) electrons. The molecule has 118 valence electrons. The molecule has 0 bridgehead atoms. The molecule has 2 aromatic carbocycles. The van der Waals surface area contributed by atoms with Crippen molar-refractivity contribution in [1.29, 1.82) is 0 Å². The van der Waals surface area contributed by atoms with Crippen LogP contribution in [-0.2, 0) is 19.3 Å². The van der Waals surface area contributed by atoms with Crippen molar-refractivity contribution in [3.63, 3.8) is 0 Å². The second-order valence-corrected chi connectivity index (χ2v) is 6.11. The molecule has 0 aliphatic rings. The SMILES string of the molecule is CCCCc1cccc(CCCC)c1Cc1ccc(O)cc1. The smallest absolute Gasteiger partial charge is 0.115 e. The van der Waals surface area contributed by atoms with Gasteiger partial charge in [0.1, 0.15) is 5.75 Å². The van der Waals surface area contributed by atoms with Crippen LogP contribution in [0.5, 0.6) is 5.75 Å². The Labute approximate surface area is 135 Å². The Bertz CT molecular complexity index is 543. The van der Waals surface area contributed by atoms with E-state index in [4.69, 9.17) is 0 Å². The van der Waals surface area contributed by atoms with Crippen LogP contribution in [0, 0.1) is 0 Å². The van der Waals surface area contributed by atoms with Crippen LogP contribution in [0.3, 0.4) is 0 Å². The lowest BCUT2D eigenvalue weighted by atomic mass is 9.90. The lowest BCUT2D eigenvalue weighted by molar-refractivity contribution is 0.475. The monoisotopic (exact) mass is 296 g/mol. The van der Waals surface area contributed by atoms with Crippen molar-refractivity contribution in [1.82, 2.24) is 0 Å². The zero-order valence-electron chi connectivity index (χ0n) is 13.9. The first-order valence-electron chi connectivity index (χ1n) is 8.62. The molecule has 22 heavy (non-hydrogen) atoms. The van der Waals surface area contributed by atoms with Crippen molar-refractivity contribution < 1.29 is 5.11 Å². The Hall–Kier alpha value is -1.76. The Kier molecular flexibility index (Phi) is 6.51. The van der Waals surface area contributed by atoms with Crippen LogP contribution in [-0.4, -0.2) is 5.11 Å². The molecule has 0 amide bonds. The molecule has 1 heteroatoms. The molecular weight excluding hydrogens is 268 g/mol. The maximum Gasteiger partial charge on any atom is 0.115 e. The largest absolute Gasteiger partial charge is 0.508 e. The van der Waals surface area contributed by atoms with Crippen LogP contribution in [0.4, 0.5) is 0 Å².